The van der Waals surface area contributed by atoms with Crippen molar-refractivity contribution in [2.75, 3.05) is 18.0 Å². The number of nitrogens with two attached hydrogens (primary N) is 1. The number of anilines is 1. The second kappa shape index (κ2) is 5.57. The molecule has 0 fully saturated rings. The zero-order valence-corrected chi connectivity index (χ0v) is 13.1. The van der Waals surface area contributed by atoms with Crippen molar-refractivity contribution < 1.29 is 4.42 Å². The number of fused-ring (bicyclic) bond motifs is 1. The lowest BCUT2D eigenvalue weighted by Crippen LogP contribution is -2.26. The van der Waals surface area contributed by atoms with Gasteiger partial charge in [-0.2, -0.15) is 0 Å². The van der Waals surface area contributed by atoms with Crippen LogP contribution in [-0.2, 0) is 0 Å². The molecule has 2 aromatic rings. The summed E-state index contributed by atoms with van der Waals surface area (Å²) in [4.78, 5) is 2.49. The van der Waals surface area contributed by atoms with E-state index in [0.717, 1.165) is 31.0 Å². The number of rotatable bonds is 4. The van der Waals surface area contributed by atoms with Crippen LogP contribution >= 0.6 is 0 Å². The van der Waals surface area contributed by atoms with Crippen LogP contribution < -0.4 is 10.6 Å². The Morgan fingerprint density at radius 1 is 1.33 bits per heavy atom. The molecule has 0 bridgehead atoms. The fraction of sp³-hybridized carbons (Fsp3) is 0.444. The SMILES string of the molecule is Cc1cc(C(C)N2CC(CCN)c3ccccc32)c(C)o1. The highest BCUT2D eigenvalue weighted by Gasteiger charge is 2.32. The molecule has 0 spiro atoms. The quantitative estimate of drug-likeness (QED) is 0.925. The number of furan rings is 1. The predicted octanol–water partition coefficient (Wildman–Crippen LogP) is 3.91. The van der Waals surface area contributed by atoms with Gasteiger partial charge in [-0.05, 0) is 51.4 Å². The molecule has 3 rings (SSSR count). The minimum atomic E-state index is 0.325. The number of benzene rings is 1. The van der Waals surface area contributed by atoms with Gasteiger partial charge in [0.1, 0.15) is 11.5 Å². The standard InChI is InChI=1S/C18H24N2O/c1-12-10-17(14(3)21-12)13(2)20-11-15(8-9-19)16-6-4-5-7-18(16)20/h4-7,10,13,15H,8-9,11,19H2,1-3H3. The second-order valence-electron chi connectivity index (χ2n) is 6.03. The van der Waals surface area contributed by atoms with Gasteiger partial charge in [0, 0.05) is 23.7 Å². The van der Waals surface area contributed by atoms with Crippen LogP contribution in [0.5, 0.6) is 0 Å². The molecule has 2 N–H and O–H groups in total. The van der Waals surface area contributed by atoms with Crippen molar-refractivity contribution in [3.8, 4) is 0 Å². The van der Waals surface area contributed by atoms with E-state index in [0.29, 0.717) is 12.0 Å². The molecule has 1 aromatic carbocycles. The van der Waals surface area contributed by atoms with E-state index in [1.54, 1.807) is 0 Å². The van der Waals surface area contributed by atoms with Crippen molar-refractivity contribution in [3.05, 3.63) is 53.0 Å². The maximum Gasteiger partial charge on any atom is 0.106 e. The largest absolute Gasteiger partial charge is 0.466 e. The van der Waals surface area contributed by atoms with E-state index in [4.69, 9.17) is 10.2 Å². The summed E-state index contributed by atoms with van der Waals surface area (Å²) in [6, 6.07) is 11.2. The van der Waals surface area contributed by atoms with Gasteiger partial charge in [-0.25, -0.2) is 0 Å². The highest BCUT2D eigenvalue weighted by molar-refractivity contribution is 5.61. The van der Waals surface area contributed by atoms with Gasteiger partial charge in [-0.1, -0.05) is 18.2 Å². The Balaban J connectivity index is 1.94. The van der Waals surface area contributed by atoms with Crippen LogP contribution in [0, 0.1) is 13.8 Å². The summed E-state index contributed by atoms with van der Waals surface area (Å²) in [6.07, 6.45) is 1.05. The summed E-state index contributed by atoms with van der Waals surface area (Å²) < 4.78 is 5.71. The smallest absolute Gasteiger partial charge is 0.106 e. The van der Waals surface area contributed by atoms with E-state index < -0.39 is 0 Å². The fourth-order valence-corrected chi connectivity index (χ4v) is 3.58. The van der Waals surface area contributed by atoms with Gasteiger partial charge in [0.25, 0.3) is 0 Å². The Morgan fingerprint density at radius 3 is 2.76 bits per heavy atom. The number of nitrogens with zero attached hydrogens (tertiary/aromatic N) is 1. The van der Waals surface area contributed by atoms with E-state index in [2.05, 4.69) is 49.1 Å². The van der Waals surface area contributed by atoms with Gasteiger partial charge in [0.15, 0.2) is 0 Å². The van der Waals surface area contributed by atoms with Gasteiger partial charge < -0.3 is 15.1 Å². The van der Waals surface area contributed by atoms with Gasteiger partial charge >= 0.3 is 0 Å². The molecule has 3 heteroatoms. The number of hydrogen-bond acceptors (Lipinski definition) is 3. The van der Waals surface area contributed by atoms with Crippen molar-refractivity contribution in [2.24, 2.45) is 5.73 Å². The minimum absolute atomic E-state index is 0.325. The van der Waals surface area contributed by atoms with E-state index in [1.165, 1.54) is 16.8 Å². The molecular formula is C18H24N2O. The van der Waals surface area contributed by atoms with Crippen LogP contribution in [0.3, 0.4) is 0 Å². The number of aryl methyl sites for hydroxylation is 2. The predicted molar refractivity (Wildman–Crippen MR) is 86.8 cm³/mol. The van der Waals surface area contributed by atoms with Gasteiger partial charge in [-0.15, -0.1) is 0 Å². The number of hydrogen-bond donors (Lipinski definition) is 1. The maximum absolute atomic E-state index is 5.79. The molecule has 2 atom stereocenters. The second-order valence-corrected chi connectivity index (χ2v) is 6.03. The molecule has 2 unspecified atom stereocenters. The average molecular weight is 284 g/mol. The topological polar surface area (TPSA) is 42.4 Å². The molecule has 3 nitrogen and oxygen atoms in total. The van der Waals surface area contributed by atoms with Gasteiger partial charge in [0.2, 0.25) is 0 Å². The molecule has 2 heterocycles. The normalized spacial score (nSPS) is 18.9. The molecule has 0 amide bonds. The highest BCUT2D eigenvalue weighted by atomic mass is 16.3. The lowest BCUT2D eigenvalue weighted by atomic mass is 9.98. The summed E-state index contributed by atoms with van der Waals surface area (Å²) in [5, 5.41) is 0. The van der Waals surface area contributed by atoms with Gasteiger partial charge in [0.05, 0.1) is 6.04 Å². The molecule has 1 aliphatic rings. The molecule has 1 aromatic heterocycles. The summed E-state index contributed by atoms with van der Waals surface area (Å²) in [5.41, 5.74) is 9.87. The van der Waals surface area contributed by atoms with E-state index in [-0.39, 0.29) is 0 Å². The van der Waals surface area contributed by atoms with E-state index in [9.17, 15) is 0 Å². The summed E-state index contributed by atoms with van der Waals surface area (Å²) in [5.74, 6) is 2.56. The van der Waals surface area contributed by atoms with Crippen LogP contribution in [0.1, 0.15) is 48.0 Å². The molecular weight excluding hydrogens is 260 g/mol. The third kappa shape index (κ3) is 2.46. The summed E-state index contributed by atoms with van der Waals surface area (Å²) >= 11 is 0. The molecule has 112 valence electrons. The summed E-state index contributed by atoms with van der Waals surface area (Å²) in [6.45, 7) is 8.11. The first kappa shape index (κ1) is 14.2. The molecule has 0 radical (unpaired) electrons. The highest BCUT2D eigenvalue weighted by Crippen LogP contribution is 2.42. The molecule has 21 heavy (non-hydrogen) atoms. The van der Waals surface area contributed by atoms with Crippen molar-refractivity contribution in [2.45, 2.75) is 39.2 Å². The van der Waals surface area contributed by atoms with Crippen LogP contribution in [0.15, 0.2) is 34.7 Å². The van der Waals surface area contributed by atoms with Crippen molar-refractivity contribution in [3.63, 3.8) is 0 Å². The zero-order valence-electron chi connectivity index (χ0n) is 13.1. The Bertz CT molecular complexity index is 632. The lowest BCUT2D eigenvalue weighted by Gasteiger charge is -2.27. The third-order valence-corrected chi connectivity index (χ3v) is 4.62. The van der Waals surface area contributed by atoms with Crippen LogP contribution in [0.25, 0.3) is 0 Å². The third-order valence-electron chi connectivity index (χ3n) is 4.62. The van der Waals surface area contributed by atoms with E-state index in [1.807, 2.05) is 6.92 Å². The first-order chi connectivity index (χ1) is 10.1. The molecule has 0 saturated heterocycles. The van der Waals surface area contributed by atoms with Crippen molar-refractivity contribution in [1.29, 1.82) is 0 Å². The Labute approximate surface area is 126 Å². The maximum atomic E-state index is 5.79. The first-order valence-corrected chi connectivity index (χ1v) is 7.74. The fourth-order valence-electron chi connectivity index (χ4n) is 3.58. The monoisotopic (exact) mass is 284 g/mol. The number of para-hydroxylation sites is 1. The van der Waals surface area contributed by atoms with Gasteiger partial charge in [-0.3, -0.25) is 0 Å². The lowest BCUT2D eigenvalue weighted by molar-refractivity contribution is 0.496. The Morgan fingerprint density at radius 2 is 2.10 bits per heavy atom. The van der Waals surface area contributed by atoms with E-state index >= 15 is 0 Å². The Hall–Kier alpha value is -1.74. The average Bonchev–Trinajstić information content (AvgIpc) is 3.00. The van der Waals surface area contributed by atoms with Crippen LogP contribution in [0.2, 0.25) is 0 Å². The molecule has 0 aliphatic carbocycles. The van der Waals surface area contributed by atoms with Crippen molar-refractivity contribution >= 4 is 5.69 Å². The van der Waals surface area contributed by atoms with Crippen LogP contribution in [-0.4, -0.2) is 13.1 Å². The van der Waals surface area contributed by atoms with Crippen molar-refractivity contribution in [1.82, 2.24) is 0 Å². The van der Waals surface area contributed by atoms with Crippen LogP contribution in [0.4, 0.5) is 5.69 Å². The Kier molecular flexibility index (Phi) is 3.77. The zero-order chi connectivity index (χ0) is 15.0. The summed E-state index contributed by atoms with van der Waals surface area (Å²) in [7, 11) is 0. The first-order valence-electron chi connectivity index (χ1n) is 7.74. The molecule has 1 aliphatic heterocycles. The minimum Gasteiger partial charge on any atom is -0.466 e. The molecule has 0 saturated carbocycles.